The quantitative estimate of drug-likeness (QED) is 0.123. The van der Waals surface area contributed by atoms with Gasteiger partial charge in [-0.3, -0.25) is 4.79 Å². The van der Waals surface area contributed by atoms with Gasteiger partial charge in [0.15, 0.2) is 0 Å². The molecular formula is C37H45N3O7S2. The highest BCUT2D eigenvalue weighted by atomic mass is 32.2. The lowest BCUT2D eigenvalue weighted by molar-refractivity contribution is -0.123. The second kappa shape index (κ2) is 17.0. The molecule has 49 heavy (non-hydrogen) atoms. The van der Waals surface area contributed by atoms with Crippen molar-refractivity contribution in [3.63, 3.8) is 0 Å². The van der Waals surface area contributed by atoms with Gasteiger partial charge < -0.3 is 25.6 Å². The normalized spacial score (nSPS) is 13.2. The van der Waals surface area contributed by atoms with Crippen LogP contribution in [-0.2, 0) is 32.5 Å². The first-order valence-electron chi connectivity index (χ1n) is 16.1. The van der Waals surface area contributed by atoms with Crippen LogP contribution in [0.3, 0.4) is 0 Å². The molecule has 262 valence electrons. The highest BCUT2D eigenvalue weighted by molar-refractivity contribution is 7.89. The zero-order valence-electron chi connectivity index (χ0n) is 28.2. The Balaban J connectivity index is 1.56. The summed E-state index contributed by atoms with van der Waals surface area (Å²) in [6.45, 7) is 5.11. The molecule has 1 aromatic heterocycles. The molecule has 2 amide bonds. The number of nitrogens with zero attached hydrogens (tertiary/aromatic N) is 1. The van der Waals surface area contributed by atoms with Crippen LogP contribution < -0.4 is 10.6 Å². The van der Waals surface area contributed by atoms with E-state index in [4.69, 9.17) is 4.74 Å². The van der Waals surface area contributed by atoms with Gasteiger partial charge in [-0.2, -0.15) is 4.31 Å². The summed E-state index contributed by atoms with van der Waals surface area (Å²) in [4.78, 5) is 27.7. The van der Waals surface area contributed by atoms with Crippen molar-refractivity contribution in [2.75, 3.05) is 20.3 Å². The molecule has 12 heteroatoms. The van der Waals surface area contributed by atoms with Gasteiger partial charge >= 0.3 is 6.09 Å². The third kappa shape index (κ3) is 9.99. The fourth-order valence-electron chi connectivity index (χ4n) is 5.74. The monoisotopic (exact) mass is 707 g/mol. The summed E-state index contributed by atoms with van der Waals surface area (Å²) in [7, 11) is -2.75. The first kappa shape index (κ1) is 37.7. The molecule has 4 aromatic rings. The zero-order valence-corrected chi connectivity index (χ0v) is 29.8. The molecule has 0 spiro atoms. The van der Waals surface area contributed by atoms with E-state index >= 15 is 0 Å². The number of alkyl carbamates (subject to hydrolysis) is 1. The SMILES string of the molecule is CCCN([C@H](CO)c1ccc(CNC(=O)[C@@H](NC(=O)OC)C(c2ccccc2)c2ccccc2)s1)S(=O)(=O)c1ccc(CC(C)(C)O)cc1. The maximum atomic E-state index is 13.9. The second-order valence-corrected chi connectivity index (χ2v) is 15.5. The molecule has 3 aromatic carbocycles. The number of hydrogen-bond acceptors (Lipinski definition) is 8. The van der Waals surface area contributed by atoms with Crippen molar-refractivity contribution in [1.29, 1.82) is 0 Å². The molecule has 0 saturated heterocycles. The molecule has 0 fully saturated rings. The van der Waals surface area contributed by atoms with E-state index in [2.05, 4.69) is 10.6 Å². The number of benzene rings is 3. The summed E-state index contributed by atoms with van der Waals surface area (Å²) in [5, 5.41) is 26.3. The number of hydrogen-bond donors (Lipinski definition) is 4. The average molecular weight is 708 g/mol. The van der Waals surface area contributed by atoms with Crippen LogP contribution in [0.2, 0.25) is 0 Å². The molecule has 2 atom stereocenters. The van der Waals surface area contributed by atoms with Crippen molar-refractivity contribution < 1.29 is 33.0 Å². The van der Waals surface area contributed by atoms with Crippen LogP contribution in [-0.4, -0.2) is 66.8 Å². The molecule has 0 radical (unpaired) electrons. The first-order valence-corrected chi connectivity index (χ1v) is 18.4. The van der Waals surface area contributed by atoms with E-state index in [1.165, 1.54) is 34.9 Å². The predicted molar refractivity (Wildman–Crippen MR) is 191 cm³/mol. The number of sulfonamides is 1. The Bertz CT molecular complexity index is 1720. The van der Waals surface area contributed by atoms with Crippen molar-refractivity contribution in [1.82, 2.24) is 14.9 Å². The standard InChI is InChI=1S/C37H45N3O7S2/c1-5-22-40(49(45,46)30-19-16-26(17-20-30)23-37(2,3)44)31(25-41)32-21-18-29(48-32)24-38-35(42)34(39-36(43)47-4)33(27-12-8-6-9-13-27)28-14-10-7-11-15-28/h6-21,31,33-34,41,44H,5,22-25H2,1-4H3,(H,38,42)(H,39,43)/t31-,34+/m1/s1. The Morgan fingerprint density at radius 2 is 1.51 bits per heavy atom. The summed E-state index contributed by atoms with van der Waals surface area (Å²) >= 11 is 1.29. The molecule has 0 aliphatic heterocycles. The predicted octanol–water partition coefficient (Wildman–Crippen LogP) is 5.37. The minimum Gasteiger partial charge on any atom is -0.453 e. The molecule has 0 bridgehead atoms. The van der Waals surface area contributed by atoms with Gasteiger partial charge in [-0.05, 0) is 61.2 Å². The minimum absolute atomic E-state index is 0.0958. The number of aliphatic hydroxyl groups is 2. The van der Waals surface area contributed by atoms with Crippen molar-refractivity contribution in [2.45, 2.75) is 68.7 Å². The van der Waals surface area contributed by atoms with Crippen LogP contribution in [0, 0.1) is 0 Å². The summed E-state index contributed by atoms with van der Waals surface area (Å²) < 4.78 is 33.9. The van der Waals surface area contributed by atoms with E-state index in [1.807, 2.05) is 67.6 Å². The number of aliphatic hydroxyl groups excluding tert-OH is 1. The number of ether oxygens (including phenoxy) is 1. The Hall–Kier alpha value is -4.07. The van der Waals surface area contributed by atoms with Crippen molar-refractivity contribution >= 4 is 33.4 Å². The van der Waals surface area contributed by atoms with Crippen molar-refractivity contribution in [2.24, 2.45) is 0 Å². The van der Waals surface area contributed by atoms with Gasteiger partial charge in [-0.15, -0.1) is 11.3 Å². The second-order valence-electron chi connectivity index (χ2n) is 12.4. The largest absolute Gasteiger partial charge is 0.453 e. The Morgan fingerprint density at radius 1 is 0.918 bits per heavy atom. The topological polar surface area (TPSA) is 145 Å². The van der Waals surface area contributed by atoms with E-state index in [1.54, 1.807) is 38.1 Å². The summed E-state index contributed by atoms with van der Waals surface area (Å²) in [5.74, 6) is -0.948. The van der Waals surface area contributed by atoms with Gasteiger partial charge in [-0.25, -0.2) is 13.2 Å². The number of rotatable bonds is 16. The molecule has 10 nitrogen and oxygen atoms in total. The number of amides is 2. The minimum atomic E-state index is -3.99. The van der Waals surface area contributed by atoms with E-state index in [0.717, 1.165) is 21.6 Å². The highest BCUT2D eigenvalue weighted by Crippen LogP contribution is 2.33. The summed E-state index contributed by atoms with van der Waals surface area (Å²) in [5.41, 5.74) is 1.54. The van der Waals surface area contributed by atoms with Crippen molar-refractivity contribution in [3.8, 4) is 0 Å². The molecule has 0 aliphatic carbocycles. The third-order valence-corrected chi connectivity index (χ3v) is 11.1. The lowest BCUT2D eigenvalue weighted by Crippen LogP contribution is -2.50. The molecule has 4 N–H and O–H groups in total. The fourth-order valence-corrected chi connectivity index (χ4v) is 8.55. The fraction of sp³-hybridized carbons (Fsp3) is 0.351. The van der Waals surface area contributed by atoms with Crippen LogP contribution >= 0.6 is 11.3 Å². The number of carbonyl (C=O) groups excluding carboxylic acids is 2. The Labute approximate surface area is 292 Å². The van der Waals surface area contributed by atoms with Gasteiger partial charge in [0.2, 0.25) is 15.9 Å². The van der Waals surface area contributed by atoms with E-state index in [-0.39, 0.29) is 18.0 Å². The average Bonchev–Trinajstić information content (AvgIpc) is 3.56. The van der Waals surface area contributed by atoms with Crippen LogP contribution in [0.25, 0.3) is 0 Å². The summed E-state index contributed by atoms with van der Waals surface area (Å²) in [6.07, 6.45) is 0.156. The van der Waals surface area contributed by atoms with Gasteiger partial charge in [0.1, 0.15) is 6.04 Å². The summed E-state index contributed by atoms with van der Waals surface area (Å²) in [6, 6.07) is 27.0. The van der Waals surface area contributed by atoms with Gasteiger partial charge in [0.05, 0.1) is 36.8 Å². The third-order valence-electron chi connectivity index (χ3n) is 7.97. The maximum Gasteiger partial charge on any atom is 0.407 e. The van der Waals surface area contributed by atoms with Crippen LogP contribution in [0.5, 0.6) is 0 Å². The van der Waals surface area contributed by atoms with Crippen molar-refractivity contribution in [3.05, 3.63) is 124 Å². The number of nitrogens with one attached hydrogen (secondary N) is 2. The van der Waals surface area contributed by atoms with E-state index < -0.39 is 52.2 Å². The number of methoxy groups -OCH3 is 1. The first-order chi connectivity index (χ1) is 23.4. The van der Waals surface area contributed by atoms with E-state index in [9.17, 15) is 28.2 Å². The maximum absolute atomic E-state index is 13.9. The van der Waals surface area contributed by atoms with Gasteiger partial charge in [0.25, 0.3) is 0 Å². The lowest BCUT2D eigenvalue weighted by atomic mass is 9.84. The zero-order chi connectivity index (χ0) is 35.6. The van der Waals surface area contributed by atoms with Gasteiger partial charge in [-0.1, -0.05) is 79.7 Å². The van der Waals surface area contributed by atoms with Gasteiger partial charge in [0, 0.05) is 28.6 Å². The number of thiophene rings is 1. The molecule has 0 unspecified atom stereocenters. The molecule has 4 rings (SSSR count). The molecule has 1 heterocycles. The Morgan fingerprint density at radius 3 is 2.02 bits per heavy atom. The highest BCUT2D eigenvalue weighted by Gasteiger charge is 2.34. The Kier molecular flexibility index (Phi) is 13.1. The van der Waals surface area contributed by atoms with Crippen LogP contribution in [0.15, 0.2) is 102 Å². The van der Waals surface area contributed by atoms with Crippen LogP contribution in [0.1, 0.15) is 65.6 Å². The smallest absolute Gasteiger partial charge is 0.407 e. The lowest BCUT2D eigenvalue weighted by Gasteiger charge is -2.29. The molecular weight excluding hydrogens is 663 g/mol. The molecule has 0 saturated carbocycles. The molecule has 0 aliphatic rings. The van der Waals surface area contributed by atoms with Crippen LogP contribution in [0.4, 0.5) is 4.79 Å². The van der Waals surface area contributed by atoms with E-state index in [0.29, 0.717) is 17.7 Å². The number of carbonyl (C=O) groups is 2.